The number of ether oxygens (including phenoxy) is 1. The lowest BCUT2D eigenvalue weighted by atomic mass is 10.2. The number of halogens is 1. The van der Waals surface area contributed by atoms with Crippen LogP contribution >= 0.6 is 0 Å². The number of amides is 2. The molecule has 2 amide bonds. The van der Waals surface area contributed by atoms with E-state index >= 15 is 0 Å². The number of methoxy groups -OCH3 is 1. The van der Waals surface area contributed by atoms with E-state index < -0.39 is 5.82 Å². The van der Waals surface area contributed by atoms with Gasteiger partial charge in [0.1, 0.15) is 11.6 Å². The Hall–Kier alpha value is -3.19. The number of nitrogens with one attached hydrogen (secondary N) is 1. The Kier molecular flexibility index (Phi) is 6.97. The zero-order valence-electron chi connectivity index (χ0n) is 16.3. The van der Waals surface area contributed by atoms with Gasteiger partial charge in [0, 0.05) is 43.5 Å². The lowest BCUT2D eigenvalue weighted by molar-refractivity contribution is -0.127. The van der Waals surface area contributed by atoms with Crippen LogP contribution < -0.4 is 10.1 Å². The molecular weight excluding hydrogens is 373 g/mol. The summed E-state index contributed by atoms with van der Waals surface area (Å²) in [5.74, 6) is 0.0491. The summed E-state index contributed by atoms with van der Waals surface area (Å²) in [6.45, 7) is 2.50. The van der Waals surface area contributed by atoms with Crippen molar-refractivity contribution in [3.05, 3.63) is 66.0 Å². The summed E-state index contributed by atoms with van der Waals surface area (Å²) in [4.78, 5) is 28.3. The molecule has 3 rings (SSSR count). The van der Waals surface area contributed by atoms with Crippen molar-refractivity contribution in [1.82, 2.24) is 9.80 Å². The molecule has 1 aliphatic rings. The number of para-hydroxylation sites is 1. The highest BCUT2D eigenvalue weighted by molar-refractivity contribution is 5.93. The number of hydrogen-bond acceptors (Lipinski definition) is 4. The number of piperazine rings is 1. The van der Waals surface area contributed by atoms with Gasteiger partial charge in [0.2, 0.25) is 11.8 Å². The van der Waals surface area contributed by atoms with Crippen LogP contribution in [-0.4, -0.2) is 61.4 Å². The summed E-state index contributed by atoms with van der Waals surface area (Å²) in [6.07, 6.45) is 3.30. The number of nitrogens with zero attached hydrogens (tertiary/aromatic N) is 2. The van der Waals surface area contributed by atoms with Gasteiger partial charge < -0.3 is 15.0 Å². The molecule has 0 aromatic heterocycles. The molecule has 0 aliphatic carbocycles. The summed E-state index contributed by atoms with van der Waals surface area (Å²) < 4.78 is 18.5. The van der Waals surface area contributed by atoms with Crippen LogP contribution in [0.25, 0.3) is 6.08 Å². The maximum atomic E-state index is 13.2. The van der Waals surface area contributed by atoms with Crippen LogP contribution in [0, 0.1) is 5.82 Å². The van der Waals surface area contributed by atoms with Crippen LogP contribution in [0.15, 0.2) is 54.6 Å². The summed E-state index contributed by atoms with van der Waals surface area (Å²) in [5.41, 5.74) is 1.28. The standard InChI is InChI=1S/C22H24FN3O3/c1-29-20-8-3-2-5-17(20)9-10-22(28)26-13-11-25(12-14-26)16-21(27)24-19-7-4-6-18(23)15-19/h2-10,15H,11-14,16H2,1H3,(H,24,27)/b10-9+. The number of carbonyl (C=O) groups is 2. The minimum atomic E-state index is -0.392. The highest BCUT2D eigenvalue weighted by Crippen LogP contribution is 2.19. The molecule has 2 aromatic carbocycles. The minimum absolute atomic E-state index is 0.0697. The van der Waals surface area contributed by atoms with Crippen molar-refractivity contribution in [2.24, 2.45) is 0 Å². The van der Waals surface area contributed by atoms with Gasteiger partial charge in [0.15, 0.2) is 0 Å². The molecule has 1 aliphatic heterocycles. The van der Waals surface area contributed by atoms with Gasteiger partial charge in [-0.3, -0.25) is 14.5 Å². The van der Waals surface area contributed by atoms with E-state index in [9.17, 15) is 14.0 Å². The maximum Gasteiger partial charge on any atom is 0.246 e. The quantitative estimate of drug-likeness (QED) is 0.762. The Morgan fingerprint density at radius 1 is 1.10 bits per heavy atom. The average Bonchev–Trinajstić information content (AvgIpc) is 2.72. The second-order valence-electron chi connectivity index (χ2n) is 6.74. The Labute approximate surface area is 169 Å². The first-order chi connectivity index (χ1) is 14.0. The zero-order chi connectivity index (χ0) is 20.6. The van der Waals surface area contributed by atoms with E-state index in [1.165, 1.54) is 12.1 Å². The normalized spacial score (nSPS) is 14.8. The van der Waals surface area contributed by atoms with E-state index in [2.05, 4.69) is 5.32 Å². The van der Waals surface area contributed by atoms with Crippen LogP contribution in [0.2, 0.25) is 0 Å². The van der Waals surface area contributed by atoms with E-state index in [-0.39, 0.29) is 18.4 Å². The summed E-state index contributed by atoms with van der Waals surface area (Å²) in [6, 6.07) is 13.3. The van der Waals surface area contributed by atoms with Crippen LogP contribution in [-0.2, 0) is 9.59 Å². The third-order valence-electron chi connectivity index (χ3n) is 4.70. The first kappa shape index (κ1) is 20.5. The van der Waals surface area contributed by atoms with Gasteiger partial charge in [-0.15, -0.1) is 0 Å². The maximum absolute atomic E-state index is 13.2. The van der Waals surface area contributed by atoms with Crippen molar-refractivity contribution < 1.29 is 18.7 Å². The van der Waals surface area contributed by atoms with E-state index in [1.54, 1.807) is 36.3 Å². The smallest absolute Gasteiger partial charge is 0.246 e. The fraction of sp³-hybridized carbons (Fsp3) is 0.273. The van der Waals surface area contributed by atoms with Gasteiger partial charge in [-0.25, -0.2) is 4.39 Å². The first-order valence-electron chi connectivity index (χ1n) is 9.43. The van der Waals surface area contributed by atoms with Gasteiger partial charge >= 0.3 is 0 Å². The highest BCUT2D eigenvalue weighted by atomic mass is 19.1. The number of carbonyl (C=O) groups excluding carboxylic acids is 2. The van der Waals surface area contributed by atoms with Gasteiger partial charge in [-0.05, 0) is 30.3 Å². The van der Waals surface area contributed by atoms with Crippen molar-refractivity contribution in [2.45, 2.75) is 0 Å². The van der Waals surface area contributed by atoms with Crippen LogP contribution in [0.3, 0.4) is 0 Å². The van der Waals surface area contributed by atoms with Crippen LogP contribution in [0.5, 0.6) is 5.75 Å². The SMILES string of the molecule is COc1ccccc1/C=C/C(=O)N1CCN(CC(=O)Nc2cccc(F)c2)CC1. The number of benzene rings is 2. The van der Waals surface area contributed by atoms with E-state index in [0.29, 0.717) is 37.6 Å². The first-order valence-corrected chi connectivity index (χ1v) is 9.43. The van der Waals surface area contributed by atoms with E-state index in [0.717, 1.165) is 5.56 Å². The van der Waals surface area contributed by atoms with Crippen LogP contribution in [0.1, 0.15) is 5.56 Å². The molecule has 0 spiro atoms. The topological polar surface area (TPSA) is 61.9 Å². The molecule has 1 saturated heterocycles. The molecule has 2 aromatic rings. The largest absolute Gasteiger partial charge is 0.496 e. The van der Waals surface area contributed by atoms with Crippen LogP contribution in [0.4, 0.5) is 10.1 Å². The third kappa shape index (κ3) is 5.89. The Morgan fingerprint density at radius 2 is 1.86 bits per heavy atom. The highest BCUT2D eigenvalue weighted by Gasteiger charge is 2.21. The number of rotatable bonds is 6. The monoisotopic (exact) mass is 397 g/mol. The van der Waals surface area contributed by atoms with Crippen molar-refractivity contribution in [2.75, 3.05) is 45.2 Å². The van der Waals surface area contributed by atoms with Crippen molar-refractivity contribution in [3.63, 3.8) is 0 Å². The fourth-order valence-corrected chi connectivity index (χ4v) is 3.17. The van der Waals surface area contributed by atoms with Crippen molar-refractivity contribution in [3.8, 4) is 5.75 Å². The average molecular weight is 397 g/mol. The Balaban J connectivity index is 1.46. The molecule has 0 radical (unpaired) electrons. The second-order valence-corrected chi connectivity index (χ2v) is 6.74. The Morgan fingerprint density at radius 3 is 2.59 bits per heavy atom. The van der Waals surface area contributed by atoms with Gasteiger partial charge in [-0.1, -0.05) is 24.3 Å². The summed E-state index contributed by atoms with van der Waals surface area (Å²) >= 11 is 0. The molecule has 1 heterocycles. The summed E-state index contributed by atoms with van der Waals surface area (Å²) in [7, 11) is 1.60. The van der Waals surface area contributed by atoms with Gasteiger partial charge in [0.05, 0.1) is 13.7 Å². The molecule has 0 bridgehead atoms. The third-order valence-corrected chi connectivity index (χ3v) is 4.70. The zero-order valence-corrected chi connectivity index (χ0v) is 16.3. The molecule has 1 N–H and O–H groups in total. The molecule has 6 nitrogen and oxygen atoms in total. The molecule has 1 fully saturated rings. The molecule has 7 heteroatoms. The second kappa shape index (κ2) is 9.84. The van der Waals surface area contributed by atoms with Crippen molar-refractivity contribution in [1.29, 1.82) is 0 Å². The van der Waals surface area contributed by atoms with E-state index in [4.69, 9.17) is 4.74 Å². The molecule has 0 unspecified atom stereocenters. The number of anilines is 1. The van der Waals surface area contributed by atoms with Crippen molar-refractivity contribution >= 4 is 23.6 Å². The molecule has 152 valence electrons. The molecule has 0 atom stereocenters. The van der Waals surface area contributed by atoms with E-state index in [1.807, 2.05) is 29.2 Å². The minimum Gasteiger partial charge on any atom is -0.496 e. The Bertz CT molecular complexity index is 892. The predicted molar refractivity (Wildman–Crippen MR) is 110 cm³/mol. The van der Waals surface area contributed by atoms with Gasteiger partial charge in [0.25, 0.3) is 0 Å². The fourth-order valence-electron chi connectivity index (χ4n) is 3.17. The predicted octanol–water partition coefficient (Wildman–Crippen LogP) is 2.63. The lowest BCUT2D eigenvalue weighted by Crippen LogP contribution is -2.50. The molecule has 0 saturated carbocycles. The molecule has 29 heavy (non-hydrogen) atoms. The molecular formula is C22H24FN3O3. The lowest BCUT2D eigenvalue weighted by Gasteiger charge is -2.33. The van der Waals surface area contributed by atoms with Gasteiger partial charge in [-0.2, -0.15) is 0 Å². The summed E-state index contributed by atoms with van der Waals surface area (Å²) in [5, 5.41) is 2.69. The number of hydrogen-bond donors (Lipinski definition) is 1.